The summed E-state index contributed by atoms with van der Waals surface area (Å²) in [5, 5.41) is 5.37. The van der Waals surface area contributed by atoms with Gasteiger partial charge in [0.15, 0.2) is 0 Å². The van der Waals surface area contributed by atoms with E-state index in [0.29, 0.717) is 11.0 Å². The van der Waals surface area contributed by atoms with Crippen molar-refractivity contribution in [3.8, 4) is 0 Å². The maximum absolute atomic E-state index is 12.9. The fourth-order valence-corrected chi connectivity index (χ4v) is 1.78. The Morgan fingerprint density at radius 2 is 2.29 bits per heavy atom. The fourth-order valence-electron chi connectivity index (χ4n) is 1.39. The zero-order valence-electron chi connectivity index (χ0n) is 7.18. The van der Waals surface area contributed by atoms with Gasteiger partial charge in [-0.25, -0.2) is 9.18 Å². The lowest BCUT2D eigenvalue weighted by Crippen LogP contribution is -2.21. The summed E-state index contributed by atoms with van der Waals surface area (Å²) >= 11 is 3.10. The van der Waals surface area contributed by atoms with Crippen LogP contribution in [0.1, 0.15) is 11.6 Å². The first-order valence-corrected chi connectivity index (χ1v) is 4.95. The Labute approximate surface area is 88.8 Å². The Morgan fingerprint density at radius 1 is 1.50 bits per heavy atom. The minimum atomic E-state index is -0.300. The monoisotopic (exact) mass is 258 g/mol. The van der Waals surface area contributed by atoms with Gasteiger partial charge in [0, 0.05) is 6.54 Å². The van der Waals surface area contributed by atoms with Crippen molar-refractivity contribution < 1.29 is 9.18 Å². The Balaban J connectivity index is 2.24. The van der Waals surface area contributed by atoms with Crippen LogP contribution in [0.4, 0.5) is 9.18 Å². The number of carbonyl (C=O) groups excluding carboxylic acids is 1. The molecule has 2 rings (SSSR count). The van der Waals surface area contributed by atoms with E-state index in [9.17, 15) is 9.18 Å². The normalized spacial score (nSPS) is 20.4. The van der Waals surface area contributed by atoms with Crippen molar-refractivity contribution in [3.05, 3.63) is 34.1 Å². The summed E-state index contributed by atoms with van der Waals surface area (Å²) < 4.78 is 13.3. The Morgan fingerprint density at radius 3 is 2.86 bits per heavy atom. The van der Waals surface area contributed by atoms with Crippen LogP contribution >= 0.6 is 15.9 Å². The van der Waals surface area contributed by atoms with E-state index in [-0.39, 0.29) is 17.9 Å². The first-order valence-electron chi connectivity index (χ1n) is 4.16. The van der Waals surface area contributed by atoms with Crippen LogP contribution in [-0.4, -0.2) is 12.6 Å². The summed E-state index contributed by atoms with van der Waals surface area (Å²) in [5.41, 5.74) is 0.886. The molecule has 3 nitrogen and oxygen atoms in total. The summed E-state index contributed by atoms with van der Waals surface area (Å²) in [4.78, 5) is 10.9. The van der Waals surface area contributed by atoms with E-state index in [2.05, 4.69) is 26.6 Å². The molecule has 1 aromatic rings. The highest BCUT2D eigenvalue weighted by Crippen LogP contribution is 2.22. The lowest BCUT2D eigenvalue weighted by Gasteiger charge is -2.09. The number of benzene rings is 1. The molecular weight excluding hydrogens is 251 g/mol. The maximum Gasteiger partial charge on any atom is 0.315 e. The molecule has 74 valence electrons. The fraction of sp³-hybridized carbons (Fsp3) is 0.222. The van der Waals surface area contributed by atoms with Gasteiger partial charge in [0.2, 0.25) is 0 Å². The van der Waals surface area contributed by atoms with Crippen molar-refractivity contribution in [2.24, 2.45) is 0 Å². The third-order valence-corrected chi connectivity index (χ3v) is 2.73. The van der Waals surface area contributed by atoms with Gasteiger partial charge in [0.25, 0.3) is 0 Å². The van der Waals surface area contributed by atoms with E-state index in [1.165, 1.54) is 6.07 Å². The van der Waals surface area contributed by atoms with Crippen LogP contribution in [-0.2, 0) is 0 Å². The zero-order chi connectivity index (χ0) is 10.1. The molecule has 14 heavy (non-hydrogen) atoms. The van der Waals surface area contributed by atoms with E-state index in [1.807, 2.05) is 0 Å². The standard InChI is InChI=1S/C9H8BrFN2O/c10-6-3-5(1-2-7(6)11)8-4-12-9(14)13-8/h1-3,8H,4H2,(H2,12,13,14)/t8-/m1/s1. The predicted octanol–water partition coefficient (Wildman–Crippen LogP) is 1.94. The molecule has 0 bridgehead atoms. The molecule has 1 aliphatic rings. The number of hydrogen-bond donors (Lipinski definition) is 2. The molecule has 0 aromatic heterocycles. The van der Waals surface area contributed by atoms with Crippen LogP contribution < -0.4 is 10.6 Å². The molecule has 0 unspecified atom stereocenters. The van der Waals surface area contributed by atoms with Crippen LogP contribution in [0.15, 0.2) is 22.7 Å². The summed E-state index contributed by atoms with van der Waals surface area (Å²) in [6.07, 6.45) is 0. The van der Waals surface area contributed by atoms with Gasteiger partial charge in [0.05, 0.1) is 10.5 Å². The molecule has 0 aliphatic carbocycles. The Kier molecular flexibility index (Phi) is 2.41. The van der Waals surface area contributed by atoms with Crippen molar-refractivity contribution in [2.75, 3.05) is 6.54 Å². The molecule has 1 heterocycles. The van der Waals surface area contributed by atoms with Crippen LogP contribution in [0.25, 0.3) is 0 Å². The minimum Gasteiger partial charge on any atom is -0.336 e. The largest absolute Gasteiger partial charge is 0.336 e. The smallest absolute Gasteiger partial charge is 0.315 e. The van der Waals surface area contributed by atoms with Crippen LogP contribution in [0.5, 0.6) is 0 Å². The Hall–Kier alpha value is -1.10. The third kappa shape index (κ3) is 1.72. The number of halogens is 2. The molecule has 5 heteroatoms. The first-order chi connectivity index (χ1) is 6.66. The van der Waals surface area contributed by atoms with Gasteiger partial charge in [-0.15, -0.1) is 0 Å². The number of rotatable bonds is 1. The average molecular weight is 259 g/mol. The molecule has 1 atom stereocenters. The molecular formula is C9H8BrFN2O. The van der Waals surface area contributed by atoms with Gasteiger partial charge in [-0.05, 0) is 33.6 Å². The van der Waals surface area contributed by atoms with Crippen molar-refractivity contribution in [3.63, 3.8) is 0 Å². The van der Waals surface area contributed by atoms with Gasteiger partial charge < -0.3 is 10.6 Å². The van der Waals surface area contributed by atoms with Crippen molar-refractivity contribution >= 4 is 22.0 Å². The van der Waals surface area contributed by atoms with E-state index in [0.717, 1.165) is 5.56 Å². The molecule has 0 radical (unpaired) electrons. The van der Waals surface area contributed by atoms with E-state index < -0.39 is 0 Å². The highest BCUT2D eigenvalue weighted by atomic mass is 79.9. The SMILES string of the molecule is O=C1NC[C@H](c2ccc(F)c(Br)c2)N1. The summed E-state index contributed by atoms with van der Waals surface area (Å²) in [5.74, 6) is -0.300. The Bertz CT molecular complexity index is 383. The van der Waals surface area contributed by atoms with Gasteiger partial charge in [-0.2, -0.15) is 0 Å². The van der Waals surface area contributed by atoms with Crippen molar-refractivity contribution in [1.29, 1.82) is 0 Å². The lowest BCUT2D eigenvalue weighted by atomic mass is 10.1. The zero-order valence-corrected chi connectivity index (χ0v) is 8.77. The second-order valence-electron chi connectivity index (χ2n) is 3.08. The van der Waals surface area contributed by atoms with E-state index in [1.54, 1.807) is 12.1 Å². The van der Waals surface area contributed by atoms with Crippen LogP contribution in [0, 0.1) is 5.82 Å². The second kappa shape index (κ2) is 3.57. The van der Waals surface area contributed by atoms with Gasteiger partial charge >= 0.3 is 6.03 Å². The quantitative estimate of drug-likeness (QED) is 0.795. The van der Waals surface area contributed by atoms with Crippen molar-refractivity contribution in [1.82, 2.24) is 10.6 Å². The summed E-state index contributed by atoms with van der Waals surface area (Å²) in [6, 6.07) is 4.46. The molecule has 1 aliphatic heterocycles. The number of urea groups is 1. The third-order valence-electron chi connectivity index (χ3n) is 2.12. The molecule has 2 N–H and O–H groups in total. The lowest BCUT2D eigenvalue weighted by molar-refractivity contribution is 0.247. The molecule has 0 spiro atoms. The van der Waals surface area contributed by atoms with Crippen molar-refractivity contribution in [2.45, 2.75) is 6.04 Å². The van der Waals surface area contributed by atoms with E-state index >= 15 is 0 Å². The first kappa shape index (κ1) is 9.45. The number of nitrogens with one attached hydrogen (secondary N) is 2. The topological polar surface area (TPSA) is 41.1 Å². The number of hydrogen-bond acceptors (Lipinski definition) is 1. The molecule has 0 saturated carbocycles. The maximum atomic E-state index is 12.9. The van der Waals surface area contributed by atoms with Gasteiger partial charge in [-0.1, -0.05) is 6.07 Å². The predicted molar refractivity (Wildman–Crippen MR) is 53.4 cm³/mol. The molecule has 1 saturated heterocycles. The number of amides is 2. The number of carbonyl (C=O) groups is 1. The molecule has 1 aromatic carbocycles. The second-order valence-corrected chi connectivity index (χ2v) is 3.93. The van der Waals surface area contributed by atoms with Gasteiger partial charge in [0.1, 0.15) is 5.82 Å². The average Bonchev–Trinajstić information content (AvgIpc) is 2.57. The summed E-state index contributed by atoms with van der Waals surface area (Å²) in [6.45, 7) is 0.539. The summed E-state index contributed by atoms with van der Waals surface area (Å²) in [7, 11) is 0. The van der Waals surface area contributed by atoms with Crippen LogP contribution in [0.2, 0.25) is 0 Å². The minimum absolute atomic E-state index is 0.0700. The molecule has 1 fully saturated rings. The van der Waals surface area contributed by atoms with E-state index in [4.69, 9.17) is 0 Å². The van der Waals surface area contributed by atoms with Gasteiger partial charge in [-0.3, -0.25) is 0 Å². The molecule has 2 amide bonds. The van der Waals surface area contributed by atoms with Crippen LogP contribution in [0.3, 0.4) is 0 Å². The highest BCUT2D eigenvalue weighted by molar-refractivity contribution is 9.10. The highest BCUT2D eigenvalue weighted by Gasteiger charge is 2.21.